The maximum atomic E-state index is 5.69. The molecule has 0 unspecified atom stereocenters. The first kappa shape index (κ1) is 12.8. The van der Waals surface area contributed by atoms with Crippen LogP contribution in [0.1, 0.15) is 31.2 Å². The molecule has 2 heterocycles. The topological polar surface area (TPSA) is 76.7 Å². The number of nitrogens with zero attached hydrogens (tertiary/aromatic N) is 3. The van der Waals surface area contributed by atoms with Crippen LogP contribution in [-0.4, -0.2) is 21.5 Å². The Morgan fingerprint density at radius 2 is 2.22 bits per heavy atom. The Morgan fingerprint density at radius 1 is 1.39 bits per heavy atom. The van der Waals surface area contributed by atoms with Gasteiger partial charge in [-0.25, -0.2) is 9.97 Å². The number of nitrogen functional groups attached to an aromatic ring is 1. The first-order valence-electron chi connectivity index (χ1n) is 5.90. The zero-order valence-electron chi connectivity index (χ0n) is 10.6. The van der Waals surface area contributed by atoms with Crippen LogP contribution in [0, 0.1) is 0 Å². The molecule has 18 heavy (non-hydrogen) atoms. The van der Waals surface area contributed by atoms with Crippen LogP contribution in [0.4, 0.5) is 11.8 Å². The molecule has 0 bridgehead atoms. The van der Waals surface area contributed by atoms with Gasteiger partial charge in [0.2, 0.25) is 5.95 Å². The summed E-state index contributed by atoms with van der Waals surface area (Å²) in [5.74, 6) is 1.44. The molecule has 0 spiro atoms. The van der Waals surface area contributed by atoms with E-state index in [1.807, 2.05) is 11.6 Å². The molecule has 0 atom stereocenters. The lowest BCUT2D eigenvalue weighted by atomic mass is 10.1. The summed E-state index contributed by atoms with van der Waals surface area (Å²) in [5, 5.41) is 5.30. The summed E-state index contributed by atoms with van der Waals surface area (Å²) in [6.45, 7) is 4.96. The largest absolute Gasteiger partial charge is 0.370 e. The molecular formula is C12H17N5S. The summed E-state index contributed by atoms with van der Waals surface area (Å²) in [5.41, 5.74) is 9.59. The van der Waals surface area contributed by atoms with Crippen LogP contribution in [0.3, 0.4) is 0 Å². The monoisotopic (exact) mass is 263 g/mol. The molecule has 0 aliphatic rings. The van der Waals surface area contributed by atoms with E-state index in [1.54, 1.807) is 11.3 Å². The number of aromatic nitrogens is 3. The second-order valence-corrected chi connectivity index (χ2v) is 5.07. The average molecular weight is 263 g/mol. The summed E-state index contributed by atoms with van der Waals surface area (Å²) in [6.07, 6.45) is 0.879. The van der Waals surface area contributed by atoms with Crippen LogP contribution < -0.4 is 11.1 Å². The third-order valence-corrected chi connectivity index (χ3v) is 3.16. The number of hydrogen-bond donors (Lipinski definition) is 2. The van der Waals surface area contributed by atoms with E-state index in [0.717, 1.165) is 30.2 Å². The number of anilines is 2. The van der Waals surface area contributed by atoms with Crippen molar-refractivity contribution >= 4 is 23.1 Å². The SMILES string of the molecule is CC(C)c1cc(NCCc2cscn2)nc(N)n1. The predicted molar refractivity (Wildman–Crippen MR) is 74.8 cm³/mol. The van der Waals surface area contributed by atoms with Gasteiger partial charge in [-0.05, 0) is 5.92 Å². The van der Waals surface area contributed by atoms with Crippen LogP contribution in [-0.2, 0) is 6.42 Å². The molecule has 6 heteroatoms. The van der Waals surface area contributed by atoms with Gasteiger partial charge in [0.05, 0.1) is 16.9 Å². The Hall–Kier alpha value is -1.69. The van der Waals surface area contributed by atoms with Crippen LogP contribution in [0.5, 0.6) is 0 Å². The first-order chi connectivity index (χ1) is 8.65. The fourth-order valence-electron chi connectivity index (χ4n) is 1.55. The van der Waals surface area contributed by atoms with Gasteiger partial charge in [-0.3, -0.25) is 0 Å². The summed E-state index contributed by atoms with van der Waals surface area (Å²) in [6, 6.07) is 1.95. The van der Waals surface area contributed by atoms with Crippen molar-refractivity contribution < 1.29 is 0 Å². The van der Waals surface area contributed by atoms with Crippen LogP contribution in [0.15, 0.2) is 17.0 Å². The molecule has 0 saturated carbocycles. The molecule has 0 aromatic carbocycles. The number of hydrogen-bond acceptors (Lipinski definition) is 6. The second-order valence-electron chi connectivity index (χ2n) is 4.35. The van der Waals surface area contributed by atoms with Crippen LogP contribution in [0.2, 0.25) is 0 Å². The van der Waals surface area contributed by atoms with Crippen molar-refractivity contribution in [2.24, 2.45) is 0 Å². The summed E-state index contributed by atoms with van der Waals surface area (Å²) < 4.78 is 0. The summed E-state index contributed by atoms with van der Waals surface area (Å²) in [4.78, 5) is 12.6. The fourth-order valence-corrected chi connectivity index (χ4v) is 2.14. The van der Waals surface area contributed by atoms with Gasteiger partial charge in [-0.15, -0.1) is 11.3 Å². The molecule has 3 N–H and O–H groups in total. The van der Waals surface area contributed by atoms with Crippen molar-refractivity contribution in [2.75, 3.05) is 17.6 Å². The van der Waals surface area contributed by atoms with Crippen molar-refractivity contribution in [3.05, 3.63) is 28.3 Å². The van der Waals surface area contributed by atoms with Gasteiger partial charge in [-0.1, -0.05) is 13.8 Å². The molecule has 0 aliphatic heterocycles. The quantitative estimate of drug-likeness (QED) is 0.865. The highest BCUT2D eigenvalue weighted by Crippen LogP contribution is 2.16. The van der Waals surface area contributed by atoms with Gasteiger partial charge >= 0.3 is 0 Å². The smallest absolute Gasteiger partial charge is 0.222 e. The van der Waals surface area contributed by atoms with Crippen LogP contribution >= 0.6 is 11.3 Å². The number of nitrogens with two attached hydrogens (primary N) is 1. The molecule has 0 amide bonds. The van der Waals surface area contributed by atoms with Gasteiger partial charge in [0.15, 0.2) is 0 Å². The lowest BCUT2D eigenvalue weighted by molar-refractivity contribution is 0.817. The lowest BCUT2D eigenvalue weighted by Gasteiger charge is -2.09. The highest BCUT2D eigenvalue weighted by atomic mass is 32.1. The second kappa shape index (κ2) is 5.77. The van der Waals surface area contributed by atoms with E-state index in [4.69, 9.17) is 5.73 Å². The van der Waals surface area contributed by atoms with E-state index in [2.05, 4.69) is 39.5 Å². The van der Waals surface area contributed by atoms with E-state index in [0.29, 0.717) is 11.9 Å². The lowest BCUT2D eigenvalue weighted by Crippen LogP contribution is -2.09. The Labute approximate surface area is 111 Å². The number of thiazole rings is 1. The summed E-state index contributed by atoms with van der Waals surface area (Å²) in [7, 11) is 0. The minimum absolute atomic E-state index is 0.317. The molecule has 5 nitrogen and oxygen atoms in total. The maximum absolute atomic E-state index is 5.69. The van der Waals surface area contributed by atoms with Crippen molar-refractivity contribution in [1.29, 1.82) is 0 Å². The average Bonchev–Trinajstić information content (AvgIpc) is 2.81. The van der Waals surface area contributed by atoms with Crippen molar-refractivity contribution in [3.8, 4) is 0 Å². The van der Waals surface area contributed by atoms with E-state index >= 15 is 0 Å². The molecule has 0 aliphatic carbocycles. The molecule has 0 fully saturated rings. The van der Waals surface area contributed by atoms with Crippen molar-refractivity contribution in [2.45, 2.75) is 26.2 Å². The molecule has 2 aromatic rings. The first-order valence-corrected chi connectivity index (χ1v) is 6.85. The van der Waals surface area contributed by atoms with E-state index < -0.39 is 0 Å². The van der Waals surface area contributed by atoms with Gasteiger partial charge in [0.1, 0.15) is 5.82 Å². The zero-order valence-corrected chi connectivity index (χ0v) is 11.4. The molecule has 96 valence electrons. The Bertz CT molecular complexity index is 495. The standard InChI is InChI=1S/C12H17N5S/c1-8(2)10-5-11(17-12(13)16-10)14-4-3-9-6-18-7-15-9/h5-8H,3-4H2,1-2H3,(H3,13,14,16,17). The zero-order chi connectivity index (χ0) is 13.0. The van der Waals surface area contributed by atoms with Gasteiger partial charge in [0, 0.05) is 24.4 Å². The van der Waals surface area contributed by atoms with Crippen LogP contribution in [0.25, 0.3) is 0 Å². The predicted octanol–water partition coefficient (Wildman–Crippen LogP) is 2.29. The minimum Gasteiger partial charge on any atom is -0.370 e. The molecule has 2 rings (SSSR count). The number of nitrogens with one attached hydrogen (secondary N) is 1. The van der Waals surface area contributed by atoms with Crippen molar-refractivity contribution in [1.82, 2.24) is 15.0 Å². The normalized spacial score (nSPS) is 10.8. The molecule has 0 saturated heterocycles. The molecule has 0 radical (unpaired) electrons. The fraction of sp³-hybridized carbons (Fsp3) is 0.417. The van der Waals surface area contributed by atoms with E-state index in [1.165, 1.54) is 0 Å². The Kier molecular flexibility index (Phi) is 4.09. The maximum Gasteiger partial charge on any atom is 0.222 e. The van der Waals surface area contributed by atoms with Crippen molar-refractivity contribution in [3.63, 3.8) is 0 Å². The third-order valence-electron chi connectivity index (χ3n) is 2.53. The molecule has 2 aromatic heterocycles. The Morgan fingerprint density at radius 3 is 2.89 bits per heavy atom. The third kappa shape index (κ3) is 3.40. The Balaban J connectivity index is 1.96. The van der Waals surface area contributed by atoms with E-state index in [9.17, 15) is 0 Å². The highest BCUT2D eigenvalue weighted by molar-refractivity contribution is 7.07. The number of rotatable bonds is 5. The highest BCUT2D eigenvalue weighted by Gasteiger charge is 2.05. The van der Waals surface area contributed by atoms with Gasteiger partial charge in [0.25, 0.3) is 0 Å². The summed E-state index contributed by atoms with van der Waals surface area (Å²) >= 11 is 1.61. The van der Waals surface area contributed by atoms with Gasteiger partial charge in [-0.2, -0.15) is 4.98 Å². The van der Waals surface area contributed by atoms with Gasteiger partial charge < -0.3 is 11.1 Å². The molecular weight excluding hydrogens is 246 g/mol. The van der Waals surface area contributed by atoms with E-state index in [-0.39, 0.29) is 0 Å². The minimum atomic E-state index is 0.317.